The summed E-state index contributed by atoms with van der Waals surface area (Å²) < 4.78 is 5.53. The van der Waals surface area contributed by atoms with E-state index in [-0.39, 0.29) is 0 Å². The van der Waals surface area contributed by atoms with Crippen LogP contribution in [0.1, 0.15) is 17.8 Å². The van der Waals surface area contributed by atoms with Crippen molar-refractivity contribution in [2.75, 3.05) is 13.7 Å². The first-order valence-corrected chi connectivity index (χ1v) is 6.18. The topological polar surface area (TPSA) is 65.2 Å². The van der Waals surface area contributed by atoms with Crippen LogP contribution < -0.4 is 14.4 Å². The van der Waals surface area contributed by atoms with Crippen molar-refractivity contribution >= 4 is 17.3 Å². The van der Waals surface area contributed by atoms with Crippen LogP contribution in [0.2, 0.25) is 0 Å². The molecule has 0 fully saturated rings. The summed E-state index contributed by atoms with van der Waals surface area (Å²) in [5.41, 5.74) is 2.71. The summed E-state index contributed by atoms with van der Waals surface area (Å²) in [7, 11) is 1.56. The maximum absolute atomic E-state index is 10.4. The molecule has 1 aromatic carbocycles. The zero-order valence-corrected chi connectivity index (χ0v) is 10.6. The van der Waals surface area contributed by atoms with Crippen LogP contribution in [0.25, 0.3) is 11.0 Å². The molecule has 6 heteroatoms. The molecule has 0 spiro atoms. The van der Waals surface area contributed by atoms with Gasteiger partial charge in [-0.25, -0.2) is 9.82 Å². The van der Waals surface area contributed by atoms with E-state index in [4.69, 9.17) is 9.57 Å². The van der Waals surface area contributed by atoms with E-state index < -0.39 is 0 Å². The van der Waals surface area contributed by atoms with Crippen LogP contribution in [0.15, 0.2) is 12.1 Å². The highest BCUT2D eigenvalue weighted by Gasteiger charge is 2.22. The highest BCUT2D eigenvalue weighted by molar-refractivity contribution is 5.74. The highest BCUT2D eigenvalue weighted by atomic mass is 16.7. The molecule has 1 aromatic heterocycles. The fraction of sp³-hybridized carbons (Fsp3) is 0.385. The van der Waals surface area contributed by atoms with Crippen molar-refractivity contribution in [1.29, 1.82) is 0 Å². The van der Waals surface area contributed by atoms with E-state index in [9.17, 15) is 4.79 Å². The Morgan fingerprint density at radius 3 is 3.21 bits per heavy atom. The zero-order valence-electron chi connectivity index (χ0n) is 10.6. The first-order chi connectivity index (χ1) is 9.31. The van der Waals surface area contributed by atoms with Crippen LogP contribution in [0, 0.1) is 0 Å². The molecule has 3 rings (SSSR count). The summed E-state index contributed by atoms with van der Waals surface area (Å²) in [6.45, 7) is 0.698. The number of ether oxygens (including phenoxy) is 1. The number of carbonyl (C=O) groups excluding carboxylic acids is 1. The molecule has 0 saturated carbocycles. The van der Waals surface area contributed by atoms with Crippen molar-refractivity contribution in [2.24, 2.45) is 0 Å². The number of hydrogen-bond donors (Lipinski definition) is 0. The lowest BCUT2D eigenvalue weighted by molar-refractivity contribution is -0.911. The maximum Gasteiger partial charge on any atom is 0.315 e. The third kappa shape index (κ3) is 2.09. The lowest BCUT2D eigenvalue weighted by Gasteiger charge is -2.01. The van der Waals surface area contributed by atoms with Crippen molar-refractivity contribution < 1.29 is 19.2 Å². The van der Waals surface area contributed by atoms with Gasteiger partial charge in [0.25, 0.3) is 0 Å². The number of hydrogen-bond acceptors (Lipinski definition) is 5. The predicted molar refractivity (Wildman–Crippen MR) is 65.8 cm³/mol. The van der Waals surface area contributed by atoms with Crippen LogP contribution in [0.5, 0.6) is 5.75 Å². The number of aryl methyl sites for hydroxylation is 1. The van der Waals surface area contributed by atoms with Crippen molar-refractivity contribution in [3.8, 4) is 5.75 Å². The molecule has 19 heavy (non-hydrogen) atoms. The Morgan fingerprint density at radius 1 is 1.53 bits per heavy atom. The van der Waals surface area contributed by atoms with Crippen molar-refractivity contribution in [3.05, 3.63) is 23.5 Å². The Hall–Kier alpha value is -2.24. The molecule has 0 radical (unpaired) electrons. The van der Waals surface area contributed by atoms with Crippen LogP contribution in [0.3, 0.4) is 0 Å². The highest BCUT2D eigenvalue weighted by Crippen LogP contribution is 2.28. The molecule has 98 valence electrons. The van der Waals surface area contributed by atoms with Gasteiger partial charge in [-0.05, 0) is 0 Å². The van der Waals surface area contributed by atoms with Crippen LogP contribution in [-0.4, -0.2) is 30.1 Å². The minimum atomic E-state index is 0.399. The third-order valence-electron chi connectivity index (χ3n) is 3.11. The third-order valence-corrected chi connectivity index (χ3v) is 3.11. The Bertz CT molecular complexity index is 643. The summed E-state index contributed by atoms with van der Waals surface area (Å²) in [5, 5.41) is 4.27. The van der Waals surface area contributed by atoms with Gasteiger partial charge in [-0.1, -0.05) is 0 Å². The summed E-state index contributed by atoms with van der Waals surface area (Å²) in [6, 6.07) is 3.89. The zero-order chi connectivity index (χ0) is 13.2. The molecule has 0 amide bonds. The van der Waals surface area contributed by atoms with Gasteiger partial charge < -0.3 is 9.53 Å². The molecule has 6 nitrogen and oxygen atoms in total. The van der Waals surface area contributed by atoms with E-state index in [0.29, 0.717) is 25.3 Å². The SMILES string of the molecule is CO[n+]1nc(CCC=O)nc2cc3c(cc21)CCO3. The molecule has 0 bridgehead atoms. The van der Waals surface area contributed by atoms with E-state index in [1.807, 2.05) is 12.1 Å². The predicted octanol–water partition coefficient (Wildman–Crippen LogP) is 0.0421. The number of fused-ring (bicyclic) bond motifs is 2. The molecule has 0 aliphatic carbocycles. The average molecular weight is 260 g/mol. The van der Waals surface area contributed by atoms with E-state index in [1.54, 1.807) is 7.11 Å². The minimum Gasteiger partial charge on any atom is -0.493 e. The summed E-state index contributed by atoms with van der Waals surface area (Å²) in [6.07, 6.45) is 2.65. The summed E-state index contributed by atoms with van der Waals surface area (Å²) >= 11 is 0. The molecule has 2 heterocycles. The second-order valence-electron chi connectivity index (χ2n) is 4.34. The normalized spacial score (nSPS) is 13.1. The van der Waals surface area contributed by atoms with Gasteiger partial charge in [0.2, 0.25) is 5.82 Å². The molecule has 0 unspecified atom stereocenters. The number of benzene rings is 1. The maximum atomic E-state index is 10.4. The Balaban J connectivity index is 2.14. The molecule has 0 N–H and O–H groups in total. The van der Waals surface area contributed by atoms with Gasteiger partial charge in [0, 0.05) is 37.0 Å². The molecule has 1 aliphatic rings. The number of nitrogens with zero attached hydrogens (tertiary/aromatic N) is 3. The monoisotopic (exact) mass is 260 g/mol. The molecule has 2 aromatic rings. The smallest absolute Gasteiger partial charge is 0.315 e. The van der Waals surface area contributed by atoms with Gasteiger partial charge in [0.15, 0.2) is 7.11 Å². The van der Waals surface area contributed by atoms with Gasteiger partial charge >= 0.3 is 5.52 Å². The van der Waals surface area contributed by atoms with Crippen LogP contribution >= 0.6 is 0 Å². The fourth-order valence-corrected chi connectivity index (χ4v) is 2.20. The second kappa shape index (κ2) is 4.79. The molecular formula is C13H14N3O3+. The second-order valence-corrected chi connectivity index (χ2v) is 4.34. The Labute approximate surface area is 109 Å². The van der Waals surface area contributed by atoms with Crippen molar-refractivity contribution in [3.63, 3.8) is 0 Å². The van der Waals surface area contributed by atoms with E-state index in [0.717, 1.165) is 35.1 Å². The number of aromatic nitrogens is 3. The van der Waals surface area contributed by atoms with Gasteiger partial charge in [0.1, 0.15) is 22.4 Å². The Kier molecular flexibility index (Phi) is 2.98. The molecule has 0 saturated heterocycles. The lowest BCUT2D eigenvalue weighted by Crippen LogP contribution is -2.46. The quantitative estimate of drug-likeness (QED) is 0.574. The number of carbonyl (C=O) groups is 1. The lowest BCUT2D eigenvalue weighted by atomic mass is 10.1. The van der Waals surface area contributed by atoms with E-state index in [2.05, 4.69) is 10.1 Å². The van der Waals surface area contributed by atoms with Gasteiger partial charge in [-0.3, -0.25) is 0 Å². The van der Waals surface area contributed by atoms with Crippen LogP contribution in [0.4, 0.5) is 0 Å². The number of rotatable bonds is 4. The van der Waals surface area contributed by atoms with Crippen LogP contribution in [-0.2, 0) is 17.6 Å². The minimum absolute atomic E-state index is 0.399. The van der Waals surface area contributed by atoms with Gasteiger partial charge in [-0.2, -0.15) is 0 Å². The molecule has 1 aliphatic heterocycles. The summed E-state index contributed by atoms with van der Waals surface area (Å²) in [4.78, 5) is 21.6. The standard InChI is InChI=1S/C13H14N3O3/c1-18-16-11-7-9-4-6-19-12(9)8-10(11)14-13(15-16)3-2-5-17/h5,7-8H,2-4,6H2,1H3/q+1. The molecule has 0 atom stereocenters. The largest absolute Gasteiger partial charge is 0.493 e. The van der Waals surface area contributed by atoms with E-state index >= 15 is 0 Å². The number of aldehydes is 1. The first-order valence-electron chi connectivity index (χ1n) is 6.18. The van der Waals surface area contributed by atoms with Gasteiger partial charge in [0.05, 0.1) is 11.7 Å². The average Bonchev–Trinajstić information content (AvgIpc) is 2.88. The molecular weight excluding hydrogens is 246 g/mol. The summed E-state index contributed by atoms with van der Waals surface area (Å²) in [5.74, 6) is 1.45. The van der Waals surface area contributed by atoms with Crippen molar-refractivity contribution in [2.45, 2.75) is 19.3 Å². The van der Waals surface area contributed by atoms with E-state index in [1.165, 1.54) is 4.85 Å². The Morgan fingerprint density at radius 2 is 2.42 bits per heavy atom. The first kappa shape index (κ1) is 11.8. The van der Waals surface area contributed by atoms with Gasteiger partial charge in [-0.15, -0.1) is 0 Å². The fourth-order valence-electron chi connectivity index (χ4n) is 2.20. The van der Waals surface area contributed by atoms with Crippen molar-refractivity contribution in [1.82, 2.24) is 10.1 Å².